The van der Waals surface area contributed by atoms with Gasteiger partial charge in [-0.25, -0.2) is 13.6 Å². The molecule has 2 aromatic rings. The maximum absolute atomic E-state index is 15.0. The average Bonchev–Trinajstić information content (AvgIpc) is 3.36. The monoisotopic (exact) mass is 379 g/mol. The van der Waals surface area contributed by atoms with Crippen molar-refractivity contribution in [2.45, 2.75) is 44.8 Å². The Morgan fingerprint density at radius 2 is 1.93 bits per heavy atom. The van der Waals surface area contributed by atoms with Gasteiger partial charge >= 0.3 is 5.69 Å². The lowest BCUT2D eigenvalue weighted by molar-refractivity contribution is 0.259. The highest BCUT2D eigenvalue weighted by atomic mass is 19.1. The molecule has 0 amide bonds. The molecule has 2 aliphatic rings. The van der Waals surface area contributed by atoms with E-state index < -0.39 is 29.2 Å². The molecule has 7 nitrogen and oxygen atoms in total. The van der Waals surface area contributed by atoms with Crippen LogP contribution in [0.2, 0.25) is 0 Å². The summed E-state index contributed by atoms with van der Waals surface area (Å²) in [5.41, 5.74) is 5.98. The van der Waals surface area contributed by atoms with Crippen molar-refractivity contribution in [1.29, 1.82) is 0 Å². The average molecular weight is 379 g/mol. The molecule has 9 heteroatoms. The molecular formula is C18H23F2N5O2. The van der Waals surface area contributed by atoms with Gasteiger partial charge in [0.15, 0.2) is 5.82 Å². The van der Waals surface area contributed by atoms with Crippen LogP contribution in [0.3, 0.4) is 0 Å². The van der Waals surface area contributed by atoms with Gasteiger partial charge in [-0.3, -0.25) is 9.20 Å². The molecule has 1 saturated carbocycles. The van der Waals surface area contributed by atoms with Crippen molar-refractivity contribution in [3.05, 3.63) is 44.0 Å². The number of aryl methyl sites for hydroxylation is 1. The minimum atomic E-state index is -1.16. The summed E-state index contributed by atoms with van der Waals surface area (Å²) < 4.78 is 31.0. The van der Waals surface area contributed by atoms with Crippen molar-refractivity contribution >= 4 is 11.2 Å². The van der Waals surface area contributed by atoms with Gasteiger partial charge in [-0.1, -0.05) is 0 Å². The maximum Gasteiger partial charge on any atom is 0.354 e. The number of aromatic nitrogens is 2. The molecule has 1 aliphatic heterocycles. The molecule has 0 aromatic carbocycles. The number of nitrogens with zero attached hydrogens (tertiary/aromatic N) is 3. The van der Waals surface area contributed by atoms with Gasteiger partial charge in [-0.2, -0.15) is 4.68 Å². The van der Waals surface area contributed by atoms with Crippen LogP contribution in [0.1, 0.15) is 36.8 Å². The lowest BCUT2D eigenvalue weighted by Gasteiger charge is -2.24. The largest absolute Gasteiger partial charge is 0.365 e. The topological polar surface area (TPSA) is 98.8 Å². The zero-order chi connectivity index (χ0) is 19.6. The zero-order valence-electron chi connectivity index (χ0n) is 15.3. The number of halogens is 2. The molecule has 146 valence electrons. The number of pyridine rings is 1. The van der Waals surface area contributed by atoms with E-state index in [9.17, 15) is 18.4 Å². The molecular weight excluding hydrogens is 356 g/mol. The van der Waals surface area contributed by atoms with Crippen molar-refractivity contribution in [3.8, 4) is 0 Å². The number of hydrogen-bond donors (Lipinski definition) is 2. The van der Waals surface area contributed by atoms with Crippen LogP contribution >= 0.6 is 0 Å². The number of fused-ring (bicyclic) bond motifs is 1. The second kappa shape index (κ2) is 6.05. The Kier molecular flexibility index (Phi) is 4.03. The molecule has 4 rings (SSSR count). The summed E-state index contributed by atoms with van der Waals surface area (Å²) in [6, 6.07) is -0.358. The second-order valence-electron chi connectivity index (χ2n) is 7.76. The van der Waals surface area contributed by atoms with Crippen LogP contribution in [0.25, 0.3) is 5.52 Å². The Morgan fingerprint density at radius 1 is 1.26 bits per heavy atom. The summed E-state index contributed by atoms with van der Waals surface area (Å²) in [5, 5.41) is 0. The minimum Gasteiger partial charge on any atom is -0.365 e. The SMILES string of the molecule is Cc1c(N2CC(F)C(C(C)N)C2)c(F)cn2c(=O)n(N)c(=O)c(C3CC3)c12. The van der Waals surface area contributed by atoms with Gasteiger partial charge in [0.2, 0.25) is 0 Å². The van der Waals surface area contributed by atoms with Gasteiger partial charge in [-0.15, -0.1) is 0 Å². The predicted octanol–water partition coefficient (Wildman–Crippen LogP) is 0.621. The Labute approximate surface area is 154 Å². The van der Waals surface area contributed by atoms with E-state index in [-0.39, 0.29) is 30.7 Å². The van der Waals surface area contributed by atoms with Crippen LogP contribution in [0, 0.1) is 18.7 Å². The molecule has 0 radical (unpaired) electrons. The normalized spacial score (nSPS) is 24.0. The van der Waals surface area contributed by atoms with E-state index in [2.05, 4.69) is 0 Å². The van der Waals surface area contributed by atoms with E-state index in [0.29, 0.717) is 21.3 Å². The van der Waals surface area contributed by atoms with Gasteiger partial charge in [0.05, 0.1) is 17.4 Å². The summed E-state index contributed by atoms with van der Waals surface area (Å²) in [7, 11) is 0. The fraction of sp³-hybridized carbons (Fsp3) is 0.556. The molecule has 0 bridgehead atoms. The molecule has 3 heterocycles. The number of alkyl halides is 1. The first kappa shape index (κ1) is 18.0. The van der Waals surface area contributed by atoms with E-state index in [1.54, 1.807) is 18.7 Å². The second-order valence-corrected chi connectivity index (χ2v) is 7.76. The standard InChI is InChI=1S/C18H23F2N5O2/c1-8-15(23-5-11(9(2)21)12(19)6-23)13(20)7-24-16(8)14(10-3-4-10)17(26)25(22)18(24)27/h7,9-12H,3-6,21-22H2,1-2H3. The molecule has 0 spiro atoms. The van der Waals surface area contributed by atoms with E-state index in [4.69, 9.17) is 11.6 Å². The third-order valence-corrected chi connectivity index (χ3v) is 5.80. The first-order chi connectivity index (χ1) is 12.7. The molecule has 3 atom stereocenters. The van der Waals surface area contributed by atoms with E-state index in [1.165, 1.54) is 0 Å². The molecule has 4 N–H and O–H groups in total. The number of anilines is 1. The van der Waals surface area contributed by atoms with Gasteiger partial charge in [0.25, 0.3) is 5.56 Å². The first-order valence-electron chi connectivity index (χ1n) is 9.12. The quantitative estimate of drug-likeness (QED) is 0.762. The number of nitrogen functional groups attached to an aromatic ring is 1. The molecule has 2 aromatic heterocycles. The van der Waals surface area contributed by atoms with Crippen molar-refractivity contribution in [3.63, 3.8) is 0 Å². The van der Waals surface area contributed by atoms with E-state index in [0.717, 1.165) is 23.4 Å². The summed E-state index contributed by atoms with van der Waals surface area (Å²) in [4.78, 5) is 26.6. The fourth-order valence-corrected chi connectivity index (χ4v) is 4.22. The van der Waals surface area contributed by atoms with Gasteiger partial charge in [0.1, 0.15) is 6.17 Å². The Balaban J connectivity index is 1.97. The fourth-order valence-electron chi connectivity index (χ4n) is 4.22. The number of hydrogen-bond acceptors (Lipinski definition) is 5. The third-order valence-electron chi connectivity index (χ3n) is 5.80. The van der Waals surface area contributed by atoms with Crippen molar-refractivity contribution in [2.75, 3.05) is 23.8 Å². The Morgan fingerprint density at radius 3 is 2.48 bits per heavy atom. The van der Waals surface area contributed by atoms with E-state index in [1.807, 2.05) is 0 Å². The lowest BCUT2D eigenvalue weighted by atomic mass is 10.00. The van der Waals surface area contributed by atoms with Crippen LogP contribution in [0.5, 0.6) is 0 Å². The Bertz CT molecular complexity index is 1040. The summed E-state index contributed by atoms with van der Waals surface area (Å²) in [6.07, 6.45) is 1.51. The summed E-state index contributed by atoms with van der Waals surface area (Å²) >= 11 is 0. The molecule has 27 heavy (non-hydrogen) atoms. The lowest BCUT2D eigenvalue weighted by Crippen LogP contribution is -2.44. The highest BCUT2D eigenvalue weighted by Gasteiger charge is 2.38. The minimum absolute atomic E-state index is 0.00391. The molecule has 1 aliphatic carbocycles. The van der Waals surface area contributed by atoms with Crippen LogP contribution in [0.15, 0.2) is 15.8 Å². The molecule has 2 fully saturated rings. The van der Waals surface area contributed by atoms with E-state index >= 15 is 0 Å². The Hall–Kier alpha value is -2.42. The van der Waals surface area contributed by atoms with Gasteiger partial charge in [0, 0.05) is 36.2 Å². The van der Waals surface area contributed by atoms with Crippen LogP contribution in [0.4, 0.5) is 14.5 Å². The van der Waals surface area contributed by atoms with Crippen molar-refractivity contribution in [2.24, 2.45) is 11.7 Å². The van der Waals surface area contributed by atoms with Crippen molar-refractivity contribution < 1.29 is 8.78 Å². The van der Waals surface area contributed by atoms with Crippen LogP contribution in [-0.4, -0.2) is 34.4 Å². The first-order valence-corrected chi connectivity index (χ1v) is 9.12. The summed E-state index contributed by atoms with van der Waals surface area (Å²) in [5.74, 6) is 4.57. The third kappa shape index (κ3) is 2.63. The summed E-state index contributed by atoms with van der Waals surface area (Å²) in [6.45, 7) is 3.70. The smallest absolute Gasteiger partial charge is 0.354 e. The predicted molar refractivity (Wildman–Crippen MR) is 99.0 cm³/mol. The maximum atomic E-state index is 15.0. The zero-order valence-corrected chi connectivity index (χ0v) is 15.3. The van der Waals surface area contributed by atoms with Crippen LogP contribution < -0.4 is 27.7 Å². The number of rotatable bonds is 3. The van der Waals surface area contributed by atoms with Crippen molar-refractivity contribution in [1.82, 2.24) is 9.08 Å². The number of nitrogens with two attached hydrogens (primary N) is 2. The molecule has 1 saturated heterocycles. The highest BCUT2D eigenvalue weighted by molar-refractivity contribution is 5.72. The van der Waals surface area contributed by atoms with Gasteiger partial charge < -0.3 is 16.5 Å². The highest BCUT2D eigenvalue weighted by Crippen LogP contribution is 2.42. The van der Waals surface area contributed by atoms with Gasteiger partial charge in [-0.05, 0) is 32.6 Å². The molecule has 3 unspecified atom stereocenters. The van der Waals surface area contributed by atoms with Crippen LogP contribution in [-0.2, 0) is 0 Å².